The number of rotatable bonds is 10. The van der Waals surface area contributed by atoms with Gasteiger partial charge in [-0.2, -0.15) is 9.97 Å². The van der Waals surface area contributed by atoms with Gasteiger partial charge in [-0.3, -0.25) is 0 Å². The summed E-state index contributed by atoms with van der Waals surface area (Å²) >= 11 is 11.8. The Hall–Kier alpha value is -5.46. The first-order chi connectivity index (χ1) is 22.0. The first-order valence-electron chi connectivity index (χ1n) is 13.5. The molecule has 6 aromatic rings. The zero-order valence-electron chi connectivity index (χ0n) is 24.0. The molecule has 12 nitrogen and oxygen atoms in total. The second kappa shape index (κ2) is 14.1. The molecular formula is C32H24Cl2N2O10. The number of hydrogen-bond donors (Lipinski definition) is 2. The van der Waals surface area contributed by atoms with Gasteiger partial charge in [-0.05, 0) is 86.6 Å². The number of aromatic nitrogens is 2. The van der Waals surface area contributed by atoms with Gasteiger partial charge in [0.1, 0.15) is 34.0 Å². The topological polar surface area (TPSA) is 164 Å². The van der Waals surface area contributed by atoms with Crippen LogP contribution in [-0.2, 0) is 9.59 Å². The Balaban J connectivity index is 0.000000181. The highest BCUT2D eigenvalue weighted by Crippen LogP contribution is 2.30. The van der Waals surface area contributed by atoms with Crippen LogP contribution in [0.15, 0.2) is 93.8 Å². The number of aliphatic carboxylic acids is 2. The third-order valence-corrected chi connectivity index (χ3v) is 6.51. The minimum Gasteiger partial charge on any atom is -0.479 e. The summed E-state index contributed by atoms with van der Waals surface area (Å²) in [6.07, 6.45) is -1.67. The number of halogens is 2. The number of carboxylic acids is 2. The molecule has 236 valence electrons. The van der Waals surface area contributed by atoms with Gasteiger partial charge >= 0.3 is 24.1 Å². The summed E-state index contributed by atoms with van der Waals surface area (Å²) in [4.78, 5) is 29.9. The van der Waals surface area contributed by atoms with Crippen molar-refractivity contribution in [1.29, 1.82) is 0 Å². The van der Waals surface area contributed by atoms with Crippen molar-refractivity contribution in [3.63, 3.8) is 0 Å². The predicted octanol–water partition coefficient (Wildman–Crippen LogP) is 8.25. The van der Waals surface area contributed by atoms with Gasteiger partial charge in [-0.1, -0.05) is 23.2 Å². The van der Waals surface area contributed by atoms with Crippen LogP contribution < -0.4 is 18.9 Å². The van der Waals surface area contributed by atoms with Crippen molar-refractivity contribution < 1.29 is 47.6 Å². The Bertz CT molecular complexity index is 1830. The molecule has 0 saturated heterocycles. The number of fused-ring (bicyclic) bond motifs is 2. The van der Waals surface area contributed by atoms with Gasteiger partial charge in [-0.15, -0.1) is 0 Å². The lowest BCUT2D eigenvalue weighted by Crippen LogP contribution is -2.22. The molecule has 6 rings (SSSR count). The van der Waals surface area contributed by atoms with Crippen LogP contribution in [0.25, 0.3) is 22.2 Å². The normalized spacial score (nSPS) is 12.1. The van der Waals surface area contributed by atoms with Crippen LogP contribution >= 0.6 is 23.2 Å². The molecule has 2 aromatic heterocycles. The summed E-state index contributed by atoms with van der Waals surface area (Å²) < 4.78 is 32.4. The minimum atomic E-state index is -1.03. The number of oxazole rings is 2. The molecule has 0 radical (unpaired) electrons. The summed E-state index contributed by atoms with van der Waals surface area (Å²) in [5.41, 5.74) is 2.34. The average molecular weight is 667 g/mol. The van der Waals surface area contributed by atoms with Crippen LogP contribution in [0.5, 0.6) is 35.2 Å². The molecule has 0 aliphatic carbocycles. The van der Waals surface area contributed by atoms with E-state index < -0.39 is 24.1 Å². The third-order valence-electron chi connectivity index (χ3n) is 6.04. The van der Waals surface area contributed by atoms with Crippen LogP contribution in [-0.4, -0.2) is 44.3 Å². The van der Waals surface area contributed by atoms with Gasteiger partial charge in [0.25, 0.3) is 0 Å². The number of carbonyl (C=O) groups is 2. The highest BCUT2D eigenvalue weighted by atomic mass is 35.5. The van der Waals surface area contributed by atoms with Gasteiger partial charge in [0.2, 0.25) is 0 Å². The monoisotopic (exact) mass is 666 g/mol. The molecule has 2 N–H and O–H groups in total. The molecule has 0 saturated carbocycles. The zero-order valence-corrected chi connectivity index (χ0v) is 25.6. The van der Waals surface area contributed by atoms with Gasteiger partial charge in [0, 0.05) is 22.2 Å². The lowest BCUT2D eigenvalue weighted by atomic mass is 10.3. The molecule has 0 aliphatic heterocycles. The quantitative estimate of drug-likeness (QED) is 0.144. The molecule has 0 amide bonds. The first kappa shape index (κ1) is 31.9. The second-order valence-corrected chi connectivity index (χ2v) is 10.4. The van der Waals surface area contributed by atoms with Crippen LogP contribution in [0.2, 0.25) is 10.0 Å². The molecule has 0 bridgehead atoms. The number of carboxylic acid groups (broad SMARTS) is 2. The summed E-state index contributed by atoms with van der Waals surface area (Å²) in [5.74, 6) is -0.241. The van der Waals surface area contributed by atoms with Crippen molar-refractivity contribution in [1.82, 2.24) is 9.97 Å². The molecule has 4 aromatic carbocycles. The molecule has 2 unspecified atom stereocenters. The number of nitrogens with zero attached hydrogens (tertiary/aromatic N) is 2. The summed E-state index contributed by atoms with van der Waals surface area (Å²) in [7, 11) is 0. The van der Waals surface area contributed by atoms with Crippen molar-refractivity contribution in [2.75, 3.05) is 0 Å². The highest BCUT2D eigenvalue weighted by molar-refractivity contribution is 6.31. The van der Waals surface area contributed by atoms with Crippen LogP contribution in [0.1, 0.15) is 13.8 Å². The molecule has 0 aliphatic rings. The van der Waals surface area contributed by atoms with E-state index in [0.717, 1.165) is 0 Å². The Morgan fingerprint density at radius 2 is 0.957 bits per heavy atom. The Labute approximate surface area is 270 Å². The molecule has 2 heterocycles. The van der Waals surface area contributed by atoms with E-state index in [0.29, 0.717) is 55.2 Å². The van der Waals surface area contributed by atoms with E-state index in [1.807, 2.05) is 0 Å². The Kier molecular flexibility index (Phi) is 9.79. The maximum absolute atomic E-state index is 10.7. The Morgan fingerprint density at radius 3 is 1.30 bits per heavy atom. The van der Waals surface area contributed by atoms with E-state index in [-0.39, 0.29) is 12.2 Å². The maximum atomic E-state index is 10.7. The molecule has 0 spiro atoms. The molecule has 46 heavy (non-hydrogen) atoms. The maximum Gasteiger partial charge on any atom is 0.400 e. The lowest BCUT2D eigenvalue weighted by molar-refractivity contribution is -0.145. The van der Waals surface area contributed by atoms with E-state index >= 15 is 0 Å². The van der Waals surface area contributed by atoms with Crippen LogP contribution in [0.3, 0.4) is 0 Å². The van der Waals surface area contributed by atoms with Gasteiger partial charge in [-0.25, -0.2) is 9.59 Å². The molecular weight excluding hydrogens is 643 g/mol. The fourth-order valence-corrected chi connectivity index (χ4v) is 4.05. The molecule has 2 atom stereocenters. The summed E-state index contributed by atoms with van der Waals surface area (Å²) in [6.45, 7) is 2.91. The third kappa shape index (κ3) is 8.37. The fraction of sp³-hybridized carbons (Fsp3) is 0.125. The largest absolute Gasteiger partial charge is 0.479 e. The van der Waals surface area contributed by atoms with Crippen molar-refractivity contribution >= 4 is 57.3 Å². The minimum absolute atomic E-state index is 0.0924. The first-order valence-corrected chi connectivity index (χ1v) is 14.2. The van der Waals surface area contributed by atoms with Crippen LogP contribution in [0, 0.1) is 0 Å². The number of benzene rings is 4. The lowest BCUT2D eigenvalue weighted by Gasteiger charge is -2.10. The van der Waals surface area contributed by atoms with Gasteiger partial charge in [0.15, 0.2) is 23.4 Å². The van der Waals surface area contributed by atoms with Crippen LogP contribution in [0.4, 0.5) is 0 Å². The molecule has 14 heteroatoms. The summed E-state index contributed by atoms with van der Waals surface area (Å²) in [6, 6.07) is 23.1. The number of ether oxygens (including phenoxy) is 4. The smallest absolute Gasteiger partial charge is 0.400 e. The second-order valence-electron chi connectivity index (χ2n) is 9.53. The summed E-state index contributed by atoms with van der Waals surface area (Å²) in [5, 5.41) is 18.7. The van der Waals surface area contributed by atoms with Crippen molar-refractivity contribution in [3.05, 3.63) is 95.0 Å². The fourth-order valence-electron chi connectivity index (χ4n) is 3.73. The standard InChI is InChI=1S/2C16H12ClNO5/c2*1-9(15(19)20)21-11-3-5-12(6-4-11)22-16-18-13-7-2-10(17)8-14(13)23-16/h2*2-9H,1H3,(H,19,20). The zero-order chi connectivity index (χ0) is 32.8. The Morgan fingerprint density at radius 1 is 0.609 bits per heavy atom. The van der Waals surface area contributed by atoms with Gasteiger partial charge < -0.3 is 38.0 Å². The van der Waals surface area contributed by atoms with Crippen molar-refractivity contribution in [2.45, 2.75) is 26.1 Å². The highest BCUT2D eigenvalue weighted by Gasteiger charge is 2.14. The van der Waals surface area contributed by atoms with E-state index in [4.69, 9.17) is 61.2 Å². The van der Waals surface area contributed by atoms with E-state index in [2.05, 4.69) is 9.97 Å². The van der Waals surface area contributed by atoms with E-state index in [1.165, 1.54) is 13.8 Å². The number of hydrogen-bond acceptors (Lipinski definition) is 10. The average Bonchev–Trinajstić information content (AvgIpc) is 3.61. The predicted molar refractivity (Wildman–Crippen MR) is 167 cm³/mol. The van der Waals surface area contributed by atoms with E-state index in [9.17, 15) is 9.59 Å². The van der Waals surface area contributed by atoms with Gasteiger partial charge in [0.05, 0.1) is 0 Å². The SMILES string of the molecule is CC(Oc1ccc(Oc2nc3ccc(Cl)cc3o2)cc1)C(=O)O.CC(Oc1ccc(Oc2nc3ccc(Cl)cc3o2)cc1)C(=O)O. The van der Waals surface area contributed by atoms with E-state index in [1.54, 1.807) is 84.9 Å². The molecule has 0 fully saturated rings. The van der Waals surface area contributed by atoms with Crippen molar-refractivity contribution in [2.24, 2.45) is 0 Å². The van der Waals surface area contributed by atoms with Crippen molar-refractivity contribution in [3.8, 4) is 35.2 Å².